The van der Waals surface area contributed by atoms with Crippen molar-refractivity contribution in [1.29, 1.82) is 10.5 Å². The summed E-state index contributed by atoms with van der Waals surface area (Å²) in [6.07, 6.45) is 1.39. The number of hydrogen-bond acceptors (Lipinski definition) is 3. The van der Waals surface area contributed by atoms with Gasteiger partial charge in [0.2, 0.25) is 0 Å². The molecule has 1 N–H and O–H groups in total. The van der Waals surface area contributed by atoms with Crippen LogP contribution >= 0.6 is 11.6 Å². The molecular weight excluding hydrogens is 246 g/mol. The SMILES string of the molecule is CC(C)(CCC#N)CNc1ccc(C#N)cc1Cl. The Hall–Kier alpha value is -1.71. The van der Waals surface area contributed by atoms with Crippen LogP contribution in [-0.2, 0) is 0 Å². The molecule has 0 radical (unpaired) electrons. The predicted molar refractivity (Wildman–Crippen MR) is 73.3 cm³/mol. The molecule has 0 aliphatic carbocycles. The van der Waals surface area contributed by atoms with Crippen LogP contribution in [0.2, 0.25) is 5.02 Å². The third-order valence-electron chi connectivity index (χ3n) is 2.77. The summed E-state index contributed by atoms with van der Waals surface area (Å²) in [6.45, 7) is 4.95. The first-order chi connectivity index (χ1) is 8.48. The second kappa shape index (κ2) is 6.28. The van der Waals surface area contributed by atoms with Gasteiger partial charge in [-0.25, -0.2) is 0 Å². The minimum atomic E-state index is 0.0347. The van der Waals surface area contributed by atoms with Crippen LogP contribution in [0.15, 0.2) is 18.2 Å². The van der Waals surface area contributed by atoms with E-state index < -0.39 is 0 Å². The van der Waals surface area contributed by atoms with E-state index in [1.807, 2.05) is 6.07 Å². The first kappa shape index (κ1) is 14.4. The topological polar surface area (TPSA) is 59.6 Å². The Balaban J connectivity index is 2.64. The summed E-state index contributed by atoms with van der Waals surface area (Å²) in [5.41, 5.74) is 1.41. The van der Waals surface area contributed by atoms with Crippen LogP contribution in [0, 0.1) is 28.1 Å². The molecule has 1 rings (SSSR count). The van der Waals surface area contributed by atoms with Gasteiger partial charge in [0.15, 0.2) is 0 Å². The van der Waals surface area contributed by atoms with Crippen molar-refractivity contribution in [3.8, 4) is 12.1 Å². The third-order valence-corrected chi connectivity index (χ3v) is 3.08. The molecular formula is C14H16ClN3. The van der Waals surface area contributed by atoms with Crippen LogP contribution < -0.4 is 5.32 Å². The van der Waals surface area contributed by atoms with E-state index in [4.69, 9.17) is 22.1 Å². The summed E-state index contributed by atoms with van der Waals surface area (Å²) in [5.74, 6) is 0. The van der Waals surface area contributed by atoms with Crippen molar-refractivity contribution in [3.63, 3.8) is 0 Å². The van der Waals surface area contributed by atoms with Gasteiger partial charge in [0.25, 0.3) is 0 Å². The molecule has 0 atom stereocenters. The first-order valence-corrected chi connectivity index (χ1v) is 6.17. The van der Waals surface area contributed by atoms with E-state index in [1.54, 1.807) is 18.2 Å². The van der Waals surface area contributed by atoms with Crippen LogP contribution in [0.1, 0.15) is 32.3 Å². The zero-order valence-electron chi connectivity index (χ0n) is 10.6. The molecule has 0 aromatic heterocycles. The van der Waals surface area contributed by atoms with Gasteiger partial charge in [-0.2, -0.15) is 10.5 Å². The van der Waals surface area contributed by atoms with Gasteiger partial charge in [0, 0.05) is 13.0 Å². The lowest BCUT2D eigenvalue weighted by Gasteiger charge is -2.24. The fraction of sp³-hybridized carbons (Fsp3) is 0.429. The number of anilines is 1. The third kappa shape index (κ3) is 4.28. The number of halogens is 1. The van der Waals surface area contributed by atoms with Crippen molar-refractivity contribution >= 4 is 17.3 Å². The molecule has 0 saturated heterocycles. The molecule has 0 bridgehead atoms. The number of nitrogens with zero attached hydrogens (tertiary/aromatic N) is 2. The van der Waals surface area contributed by atoms with Gasteiger partial charge in [0.05, 0.1) is 28.4 Å². The fourth-order valence-electron chi connectivity index (χ4n) is 1.55. The van der Waals surface area contributed by atoms with E-state index in [9.17, 15) is 0 Å². The maximum atomic E-state index is 8.75. The quantitative estimate of drug-likeness (QED) is 0.873. The van der Waals surface area contributed by atoms with Gasteiger partial charge in [-0.3, -0.25) is 0 Å². The van der Waals surface area contributed by atoms with Crippen molar-refractivity contribution in [2.75, 3.05) is 11.9 Å². The maximum absolute atomic E-state index is 8.75. The monoisotopic (exact) mass is 261 g/mol. The first-order valence-electron chi connectivity index (χ1n) is 5.79. The molecule has 0 fully saturated rings. The zero-order chi connectivity index (χ0) is 13.6. The lowest BCUT2D eigenvalue weighted by molar-refractivity contribution is 0.364. The van der Waals surface area contributed by atoms with Crippen molar-refractivity contribution in [2.24, 2.45) is 5.41 Å². The average molecular weight is 262 g/mol. The van der Waals surface area contributed by atoms with Gasteiger partial charge in [-0.15, -0.1) is 0 Å². The van der Waals surface area contributed by atoms with E-state index in [-0.39, 0.29) is 5.41 Å². The summed E-state index contributed by atoms with van der Waals surface area (Å²) in [7, 11) is 0. The van der Waals surface area contributed by atoms with Crippen molar-refractivity contribution in [2.45, 2.75) is 26.7 Å². The summed E-state index contributed by atoms with van der Waals surface area (Å²) in [6, 6.07) is 9.39. The second-order valence-electron chi connectivity index (χ2n) is 4.98. The Morgan fingerprint density at radius 2 is 2.06 bits per heavy atom. The Labute approximate surface area is 113 Å². The molecule has 18 heavy (non-hydrogen) atoms. The van der Waals surface area contributed by atoms with E-state index in [0.29, 0.717) is 17.0 Å². The van der Waals surface area contributed by atoms with Gasteiger partial charge in [0.1, 0.15) is 0 Å². The molecule has 0 aliphatic rings. The molecule has 0 aliphatic heterocycles. The lowest BCUT2D eigenvalue weighted by Crippen LogP contribution is -2.23. The number of rotatable bonds is 5. The van der Waals surface area contributed by atoms with Crippen molar-refractivity contribution in [1.82, 2.24) is 0 Å². The smallest absolute Gasteiger partial charge is 0.0992 e. The van der Waals surface area contributed by atoms with Crippen LogP contribution in [0.25, 0.3) is 0 Å². The molecule has 0 amide bonds. The number of hydrogen-bond donors (Lipinski definition) is 1. The minimum Gasteiger partial charge on any atom is -0.383 e. The molecule has 1 aromatic carbocycles. The molecule has 94 valence electrons. The highest BCUT2D eigenvalue weighted by Crippen LogP contribution is 2.27. The van der Waals surface area contributed by atoms with Gasteiger partial charge in [-0.1, -0.05) is 25.4 Å². The molecule has 0 unspecified atom stereocenters. The Bertz CT molecular complexity index is 495. The number of nitrogens with one attached hydrogen (secondary N) is 1. The average Bonchev–Trinajstić information content (AvgIpc) is 2.35. The molecule has 1 aromatic rings. The normalized spacial score (nSPS) is 10.5. The standard InChI is InChI=1S/C14H16ClN3/c1-14(2,6-3-7-16)10-18-13-5-4-11(9-17)8-12(13)15/h4-5,8,18H,3,6,10H2,1-2H3. The molecule has 4 heteroatoms. The lowest BCUT2D eigenvalue weighted by atomic mass is 9.88. The van der Waals surface area contributed by atoms with Gasteiger partial charge >= 0.3 is 0 Å². The second-order valence-corrected chi connectivity index (χ2v) is 5.39. The maximum Gasteiger partial charge on any atom is 0.0992 e. The van der Waals surface area contributed by atoms with Crippen molar-refractivity contribution < 1.29 is 0 Å². The number of nitriles is 2. The van der Waals surface area contributed by atoms with Crippen LogP contribution in [0.5, 0.6) is 0 Å². The van der Waals surface area contributed by atoms with Gasteiger partial charge < -0.3 is 5.32 Å². The van der Waals surface area contributed by atoms with E-state index in [0.717, 1.165) is 18.7 Å². The zero-order valence-corrected chi connectivity index (χ0v) is 11.4. The highest BCUT2D eigenvalue weighted by atomic mass is 35.5. The van der Waals surface area contributed by atoms with E-state index in [2.05, 4.69) is 25.2 Å². The summed E-state index contributed by atoms with van der Waals surface area (Å²) < 4.78 is 0. The highest BCUT2D eigenvalue weighted by Gasteiger charge is 2.17. The summed E-state index contributed by atoms with van der Waals surface area (Å²) >= 11 is 6.08. The highest BCUT2D eigenvalue weighted by molar-refractivity contribution is 6.33. The van der Waals surface area contributed by atoms with Crippen LogP contribution in [0.3, 0.4) is 0 Å². The minimum absolute atomic E-state index is 0.0347. The van der Waals surface area contributed by atoms with Gasteiger partial charge in [-0.05, 0) is 30.0 Å². The van der Waals surface area contributed by atoms with Crippen molar-refractivity contribution in [3.05, 3.63) is 28.8 Å². The van der Waals surface area contributed by atoms with E-state index >= 15 is 0 Å². The molecule has 0 saturated carbocycles. The Morgan fingerprint density at radius 3 is 2.61 bits per heavy atom. The van der Waals surface area contributed by atoms with Crippen LogP contribution in [-0.4, -0.2) is 6.54 Å². The Morgan fingerprint density at radius 1 is 1.33 bits per heavy atom. The molecule has 3 nitrogen and oxygen atoms in total. The summed E-state index contributed by atoms with van der Waals surface area (Å²) in [4.78, 5) is 0. The summed E-state index contributed by atoms with van der Waals surface area (Å²) in [5, 5.41) is 21.2. The Kier molecular flexibility index (Phi) is 5.01. The fourth-order valence-corrected chi connectivity index (χ4v) is 1.79. The number of benzene rings is 1. The van der Waals surface area contributed by atoms with Crippen LogP contribution in [0.4, 0.5) is 5.69 Å². The largest absolute Gasteiger partial charge is 0.383 e. The molecule has 0 heterocycles. The molecule has 0 spiro atoms. The van der Waals surface area contributed by atoms with E-state index in [1.165, 1.54) is 0 Å². The predicted octanol–water partition coefficient (Wildman–Crippen LogP) is 3.95.